The molecule has 0 aliphatic carbocycles. The molecule has 1 aromatic heterocycles. The number of hydrogen-bond acceptors (Lipinski definition) is 2. The zero-order valence-electron chi connectivity index (χ0n) is 9.62. The fraction of sp³-hybridized carbons (Fsp3) is 0.727. The van der Waals surface area contributed by atoms with E-state index in [1.165, 1.54) is 5.69 Å². The maximum Gasteiger partial charge on any atom is 0.0492 e. The summed E-state index contributed by atoms with van der Waals surface area (Å²) in [6, 6.07) is 2.06. The molecule has 1 aromatic rings. The summed E-state index contributed by atoms with van der Waals surface area (Å²) < 4.78 is 1.93. The molecule has 1 rings (SSSR count). The largest absolute Gasteiger partial charge is 0.330 e. The molecule has 0 saturated carbocycles. The van der Waals surface area contributed by atoms with Crippen LogP contribution >= 0.6 is 0 Å². The van der Waals surface area contributed by atoms with Crippen molar-refractivity contribution < 1.29 is 0 Å². The second kappa shape index (κ2) is 4.13. The van der Waals surface area contributed by atoms with Crippen LogP contribution in [0.2, 0.25) is 0 Å². The summed E-state index contributed by atoms with van der Waals surface area (Å²) in [5.41, 5.74) is 7.16. The topological polar surface area (TPSA) is 43.8 Å². The SMILES string of the molecule is CC(C)CC(C)(CN)c1ccnn1C. The third-order valence-electron chi connectivity index (χ3n) is 2.75. The third-order valence-corrected chi connectivity index (χ3v) is 2.75. The Balaban J connectivity index is 2.95. The van der Waals surface area contributed by atoms with Gasteiger partial charge in [0.1, 0.15) is 0 Å². The van der Waals surface area contributed by atoms with Crippen LogP contribution in [0, 0.1) is 5.92 Å². The molecule has 0 bridgehead atoms. The zero-order valence-corrected chi connectivity index (χ0v) is 9.62. The van der Waals surface area contributed by atoms with Gasteiger partial charge in [0.25, 0.3) is 0 Å². The quantitative estimate of drug-likeness (QED) is 0.794. The highest BCUT2D eigenvalue weighted by Crippen LogP contribution is 2.29. The van der Waals surface area contributed by atoms with Crippen molar-refractivity contribution in [2.75, 3.05) is 6.54 Å². The zero-order chi connectivity index (χ0) is 10.8. The van der Waals surface area contributed by atoms with Crippen LogP contribution in [0.4, 0.5) is 0 Å². The Kier molecular flexibility index (Phi) is 3.32. The number of nitrogens with zero attached hydrogens (tertiary/aromatic N) is 2. The monoisotopic (exact) mass is 195 g/mol. The van der Waals surface area contributed by atoms with Crippen molar-refractivity contribution in [1.29, 1.82) is 0 Å². The van der Waals surface area contributed by atoms with Crippen LogP contribution in [0.3, 0.4) is 0 Å². The molecule has 0 amide bonds. The number of nitrogens with two attached hydrogens (primary N) is 1. The third kappa shape index (κ3) is 2.15. The number of aryl methyl sites for hydroxylation is 1. The molecule has 0 fully saturated rings. The van der Waals surface area contributed by atoms with E-state index < -0.39 is 0 Å². The Morgan fingerprint density at radius 2 is 2.21 bits per heavy atom. The number of rotatable bonds is 4. The lowest BCUT2D eigenvalue weighted by Gasteiger charge is -2.30. The minimum absolute atomic E-state index is 0.0550. The predicted molar refractivity (Wildman–Crippen MR) is 59.1 cm³/mol. The summed E-state index contributed by atoms with van der Waals surface area (Å²) in [5, 5.41) is 4.20. The molecule has 0 aromatic carbocycles. The first-order valence-electron chi connectivity index (χ1n) is 5.18. The molecule has 0 radical (unpaired) electrons. The van der Waals surface area contributed by atoms with Gasteiger partial charge in [-0.25, -0.2) is 0 Å². The first-order chi connectivity index (χ1) is 6.49. The smallest absolute Gasteiger partial charge is 0.0492 e. The average Bonchev–Trinajstić information content (AvgIpc) is 2.50. The highest BCUT2D eigenvalue weighted by atomic mass is 15.3. The molecule has 3 nitrogen and oxygen atoms in total. The van der Waals surface area contributed by atoms with Gasteiger partial charge in [-0.15, -0.1) is 0 Å². The van der Waals surface area contributed by atoms with Crippen LogP contribution < -0.4 is 5.73 Å². The van der Waals surface area contributed by atoms with Crippen LogP contribution in [0.1, 0.15) is 32.9 Å². The molecule has 0 saturated heterocycles. The highest BCUT2D eigenvalue weighted by Gasteiger charge is 2.28. The van der Waals surface area contributed by atoms with E-state index in [2.05, 4.69) is 31.9 Å². The predicted octanol–water partition coefficient (Wildman–Crippen LogP) is 1.68. The van der Waals surface area contributed by atoms with E-state index in [1.807, 2.05) is 17.9 Å². The number of hydrogen-bond donors (Lipinski definition) is 1. The van der Waals surface area contributed by atoms with E-state index >= 15 is 0 Å². The van der Waals surface area contributed by atoms with E-state index in [0.717, 1.165) is 6.42 Å². The molecule has 1 heterocycles. The van der Waals surface area contributed by atoms with Crippen LogP contribution in [0.5, 0.6) is 0 Å². The molecule has 3 heteroatoms. The van der Waals surface area contributed by atoms with E-state index in [-0.39, 0.29) is 5.41 Å². The minimum atomic E-state index is 0.0550. The first kappa shape index (κ1) is 11.2. The summed E-state index contributed by atoms with van der Waals surface area (Å²) in [6.45, 7) is 7.34. The molecule has 0 aliphatic heterocycles. The Morgan fingerprint density at radius 1 is 1.57 bits per heavy atom. The molecule has 1 unspecified atom stereocenters. The van der Waals surface area contributed by atoms with Gasteiger partial charge in [0.15, 0.2) is 0 Å². The van der Waals surface area contributed by atoms with Crippen LogP contribution in [0.25, 0.3) is 0 Å². The van der Waals surface area contributed by atoms with Crippen molar-refractivity contribution in [3.8, 4) is 0 Å². The van der Waals surface area contributed by atoms with Crippen molar-refractivity contribution >= 4 is 0 Å². The second-order valence-corrected chi connectivity index (χ2v) is 4.70. The Morgan fingerprint density at radius 3 is 2.57 bits per heavy atom. The van der Waals surface area contributed by atoms with Crippen LogP contribution in [-0.4, -0.2) is 16.3 Å². The summed E-state index contributed by atoms with van der Waals surface area (Å²) >= 11 is 0. The standard InChI is InChI=1S/C11H21N3/c1-9(2)7-11(3,8-12)10-5-6-13-14(10)4/h5-6,9H,7-8,12H2,1-4H3. The van der Waals surface area contributed by atoms with E-state index in [1.54, 1.807) is 0 Å². The van der Waals surface area contributed by atoms with Gasteiger partial charge < -0.3 is 5.73 Å². The Labute approximate surface area is 86.3 Å². The molecular weight excluding hydrogens is 174 g/mol. The molecule has 80 valence electrons. The van der Waals surface area contributed by atoms with Gasteiger partial charge in [0, 0.05) is 30.9 Å². The van der Waals surface area contributed by atoms with Gasteiger partial charge in [0.05, 0.1) is 0 Å². The van der Waals surface area contributed by atoms with Crippen molar-refractivity contribution in [3.63, 3.8) is 0 Å². The van der Waals surface area contributed by atoms with Crippen LogP contribution in [0.15, 0.2) is 12.3 Å². The molecular formula is C11H21N3. The van der Waals surface area contributed by atoms with E-state index in [4.69, 9.17) is 5.73 Å². The van der Waals surface area contributed by atoms with Gasteiger partial charge in [0.2, 0.25) is 0 Å². The van der Waals surface area contributed by atoms with Crippen molar-refractivity contribution in [2.45, 2.75) is 32.6 Å². The summed E-state index contributed by atoms with van der Waals surface area (Å²) in [4.78, 5) is 0. The van der Waals surface area contributed by atoms with Crippen molar-refractivity contribution in [1.82, 2.24) is 9.78 Å². The van der Waals surface area contributed by atoms with Crippen molar-refractivity contribution in [3.05, 3.63) is 18.0 Å². The summed E-state index contributed by atoms with van der Waals surface area (Å²) in [5.74, 6) is 0.651. The molecule has 0 spiro atoms. The van der Waals surface area contributed by atoms with Gasteiger partial charge >= 0.3 is 0 Å². The van der Waals surface area contributed by atoms with E-state index in [9.17, 15) is 0 Å². The molecule has 2 N–H and O–H groups in total. The van der Waals surface area contributed by atoms with Crippen LogP contribution in [-0.2, 0) is 12.5 Å². The minimum Gasteiger partial charge on any atom is -0.330 e. The lowest BCUT2D eigenvalue weighted by molar-refractivity contribution is 0.355. The van der Waals surface area contributed by atoms with Gasteiger partial charge in [-0.2, -0.15) is 5.10 Å². The fourth-order valence-corrected chi connectivity index (χ4v) is 2.16. The fourth-order valence-electron chi connectivity index (χ4n) is 2.16. The Hall–Kier alpha value is -0.830. The van der Waals surface area contributed by atoms with Crippen molar-refractivity contribution in [2.24, 2.45) is 18.7 Å². The van der Waals surface area contributed by atoms with E-state index in [0.29, 0.717) is 12.5 Å². The maximum atomic E-state index is 5.87. The first-order valence-corrected chi connectivity index (χ1v) is 5.18. The number of aromatic nitrogens is 2. The summed E-state index contributed by atoms with van der Waals surface area (Å²) in [7, 11) is 1.98. The van der Waals surface area contributed by atoms with Gasteiger partial charge in [-0.3, -0.25) is 4.68 Å². The molecule has 14 heavy (non-hydrogen) atoms. The second-order valence-electron chi connectivity index (χ2n) is 4.70. The highest BCUT2D eigenvalue weighted by molar-refractivity contribution is 5.15. The normalized spacial score (nSPS) is 15.9. The van der Waals surface area contributed by atoms with Gasteiger partial charge in [-0.1, -0.05) is 20.8 Å². The summed E-state index contributed by atoms with van der Waals surface area (Å²) in [6.07, 6.45) is 2.94. The average molecular weight is 195 g/mol. The Bertz CT molecular complexity index is 290. The lowest BCUT2D eigenvalue weighted by Crippen LogP contribution is -2.35. The van der Waals surface area contributed by atoms with Gasteiger partial charge in [-0.05, 0) is 18.4 Å². The molecule has 1 atom stereocenters. The lowest BCUT2D eigenvalue weighted by atomic mass is 9.79. The maximum absolute atomic E-state index is 5.87. The molecule has 0 aliphatic rings.